The minimum absolute atomic E-state index is 0.116. The lowest BCUT2D eigenvalue weighted by atomic mass is 10.1. The third-order valence-electron chi connectivity index (χ3n) is 2.90. The van der Waals surface area contributed by atoms with E-state index < -0.39 is 5.97 Å². The van der Waals surface area contributed by atoms with Gasteiger partial charge >= 0.3 is 5.97 Å². The maximum Gasteiger partial charge on any atom is 0.309 e. The molecule has 2 rings (SSSR count). The monoisotopic (exact) mass is 304 g/mol. The van der Waals surface area contributed by atoms with Crippen LogP contribution in [-0.2, 0) is 22.4 Å². The van der Waals surface area contributed by atoms with Crippen molar-refractivity contribution >= 4 is 28.9 Å². The summed E-state index contributed by atoms with van der Waals surface area (Å²) in [5, 5.41) is 13.8. The molecule has 1 aromatic heterocycles. The highest BCUT2D eigenvalue weighted by Crippen LogP contribution is 2.17. The summed E-state index contributed by atoms with van der Waals surface area (Å²) in [6.45, 7) is 3.94. The van der Waals surface area contributed by atoms with Crippen LogP contribution in [0, 0.1) is 13.8 Å². The Hall–Kier alpha value is -2.21. The summed E-state index contributed by atoms with van der Waals surface area (Å²) in [6, 6.07) is 5.82. The van der Waals surface area contributed by atoms with Crippen LogP contribution in [0.1, 0.15) is 21.8 Å². The summed E-state index contributed by atoms with van der Waals surface area (Å²) in [7, 11) is 0. The molecule has 0 unspecified atom stereocenters. The van der Waals surface area contributed by atoms with E-state index in [9.17, 15) is 9.59 Å². The highest BCUT2D eigenvalue weighted by atomic mass is 32.1. The molecule has 0 fully saturated rings. The highest BCUT2D eigenvalue weighted by molar-refractivity contribution is 7.09. The Kier molecular flexibility index (Phi) is 4.70. The van der Waals surface area contributed by atoms with Crippen LogP contribution in [0.3, 0.4) is 0 Å². The standard InChI is InChI=1S/C15H16N2O3S/c1-9-3-4-12(10(2)5-9)17-13(18)7-14-16-11(8-21-14)6-15(19)20/h3-5,8H,6-7H2,1-2H3,(H,17,18)(H,19,20). The Morgan fingerprint density at radius 3 is 2.71 bits per heavy atom. The number of carboxylic acids is 1. The summed E-state index contributed by atoms with van der Waals surface area (Å²) in [5.41, 5.74) is 3.42. The second kappa shape index (κ2) is 6.49. The molecule has 2 aromatic rings. The number of hydrogen-bond acceptors (Lipinski definition) is 4. The van der Waals surface area contributed by atoms with Gasteiger partial charge in [0.15, 0.2) is 0 Å². The molecule has 2 N–H and O–H groups in total. The molecule has 5 nitrogen and oxygen atoms in total. The first-order chi connectivity index (χ1) is 9.94. The van der Waals surface area contributed by atoms with Crippen LogP contribution in [0.2, 0.25) is 0 Å². The number of thiazole rings is 1. The van der Waals surface area contributed by atoms with E-state index in [0.717, 1.165) is 16.8 Å². The zero-order valence-corrected chi connectivity index (χ0v) is 12.7. The maximum absolute atomic E-state index is 12.0. The SMILES string of the molecule is Cc1ccc(NC(=O)Cc2nc(CC(=O)O)cs2)c(C)c1. The van der Waals surface area contributed by atoms with E-state index in [4.69, 9.17) is 5.11 Å². The first kappa shape index (κ1) is 15.2. The van der Waals surface area contributed by atoms with Gasteiger partial charge in [-0.3, -0.25) is 9.59 Å². The van der Waals surface area contributed by atoms with Crippen LogP contribution in [0.15, 0.2) is 23.6 Å². The smallest absolute Gasteiger partial charge is 0.309 e. The minimum Gasteiger partial charge on any atom is -0.481 e. The fraction of sp³-hybridized carbons (Fsp3) is 0.267. The largest absolute Gasteiger partial charge is 0.481 e. The summed E-state index contributed by atoms with van der Waals surface area (Å²) in [4.78, 5) is 26.7. The number of nitrogens with zero attached hydrogens (tertiary/aromatic N) is 1. The number of carboxylic acid groups (broad SMARTS) is 1. The number of nitrogens with one attached hydrogen (secondary N) is 1. The van der Waals surface area contributed by atoms with Crippen molar-refractivity contribution in [2.75, 3.05) is 5.32 Å². The molecule has 0 saturated carbocycles. The molecule has 1 aromatic carbocycles. The molecule has 0 radical (unpaired) electrons. The van der Waals surface area contributed by atoms with Crippen molar-refractivity contribution in [1.29, 1.82) is 0 Å². The van der Waals surface area contributed by atoms with Gasteiger partial charge in [-0.1, -0.05) is 17.7 Å². The molecule has 0 aliphatic heterocycles. The molecule has 21 heavy (non-hydrogen) atoms. The second-order valence-corrected chi connectivity index (χ2v) is 5.79. The minimum atomic E-state index is -0.924. The van der Waals surface area contributed by atoms with E-state index in [1.54, 1.807) is 5.38 Å². The number of benzene rings is 1. The van der Waals surface area contributed by atoms with E-state index in [1.165, 1.54) is 11.3 Å². The van der Waals surface area contributed by atoms with Crippen molar-refractivity contribution in [2.45, 2.75) is 26.7 Å². The second-order valence-electron chi connectivity index (χ2n) is 4.85. The van der Waals surface area contributed by atoms with Gasteiger partial charge in [0.05, 0.1) is 18.5 Å². The van der Waals surface area contributed by atoms with Crippen LogP contribution >= 0.6 is 11.3 Å². The molecule has 0 bridgehead atoms. The molecule has 1 amide bonds. The van der Waals surface area contributed by atoms with E-state index in [-0.39, 0.29) is 18.7 Å². The van der Waals surface area contributed by atoms with Crippen LogP contribution in [0.5, 0.6) is 0 Å². The average Bonchev–Trinajstić information content (AvgIpc) is 2.79. The molecule has 0 spiro atoms. The van der Waals surface area contributed by atoms with Gasteiger partial charge in [0.1, 0.15) is 5.01 Å². The van der Waals surface area contributed by atoms with E-state index in [2.05, 4.69) is 10.3 Å². The fourth-order valence-electron chi connectivity index (χ4n) is 1.95. The molecule has 110 valence electrons. The van der Waals surface area contributed by atoms with Gasteiger partial charge in [-0.2, -0.15) is 0 Å². The van der Waals surface area contributed by atoms with Crippen molar-refractivity contribution in [1.82, 2.24) is 4.98 Å². The third-order valence-corrected chi connectivity index (χ3v) is 3.80. The lowest BCUT2D eigenvalue weighted by Gasteiger charge is -2.08. The van der Waals surface area contributed by atoms with E-state index >= 15 is 0 Å². The molecular formula is C15H16N2O3S. The van der Waals surface area contributed by atoms with E-state index in [1.807, 2.05) is 32.0 Å². The number of anilines is 1. The molecule has 1 heterocycles. The van der Waals surface area contributed by atoms with Crippen LogP contribution < -0.4 is 5.32 Å². The summed E-state index contributed by atoms with van der Waals surface area (Å²) in [6.07, 6.45) is 0.0345. The fourth-order valence-corrected chi connectivity index (χ4v) is 2.74. The number of aliphatic carboxylic acids is 1. The Labute approximate surface area is 126 Å². The normalized spacial score (nSPS) is 10.4. The van der Waals surface area contributed by atoms with Gasteiger partial charge in [0.2, 0.25) is 5.91 Å². The predicted octanol–water partition coefficient (Wildman–Crippen LogP) is 2.57. The lowest BCUT2D eigenvalue weighted by Crippen LogP contribution is -2.15. The maximum atomic E-state index is 12.0. The summed E-state index contributed by atoms with van der Waals surface area (Å²) < 4.78 is 0. The Morgan fingerprint density at radius 1 is 1.29 bits per heavy atom. The van der Waals surface area contributed by atoms with Gasteiger partial charge in [0.25, 0.3) is 0 Å². The van der Waals surface area contributed by atoms with Gasteiger partial charge in [-0.15, -0.1) is 11.3 Å². The number of hydrogen-bond donors (Lipinski definition) is 2. The van der Waals surface area contributed by atoms with Gasteiger partial charge < -0.3 is 10.4 Å². The van der Waals surface area contributed by atoms with Gasteiger partial charge in [-0.05, 0) is 25.5 Å². The average molecular weight is 304 g/mol. The summed E-state index contributed by atoms with van der Waals surface area (Å²) >= 11 is 1.30. The van der Waals surface area contributed by atoms with Crippen molar-refractivity contribution in [3.05, 3.63) is 45.4 Å². The zero-order valence-electron chi connectivity index (χ0n) is 11.8. The van der Waals surface area contributed by atoms with Crippen LogP contribution in [0.25, 0.3) is 0 Å². The number of aromatic nitrogens is 1. The van der Waals surface area contributed by atoms with Crippen LogP contribution in [0.4, 0.5) is 5.69 Å². The third kappa shape index (κ3) is 4.39. The molecule has 0 aliphatic carbocycles. The molecule has 0 saturated heterocycles. The molecule has 6 heteroatoms. The van der Waals surface area contributed by atoms with Crippen molar-refractivity contribution in [3.63, 3.8) is 0 Å². The number of carbonyl (C=O) groups is 2. The van der Waals surface area contributed by atoms with Crippen molar-refractivity contribution < 1.29 is 14.7 Å². The number of carbonyl (C=O) groups excluding carboxylic acids is 1. The Balaban J connectivity index is 1.98. The van der Waals surface area contributed by atoms with E-state index in [0.29, 0.717) is 10.7 Å². The highest BCUT2D eigenvalue weighted by Gasteiger charge is 2.11. The Morgan fingerprint density at radius 2 is 2.05 bits per heavy atom. The quantitative estimate of drug-likeness (QED) is 0.889. The predicted molar refractivity (Wildman–Crippen MR) is 81.7 cm³/mol. The van der Waals surface area contributed by atoms with Crippen LogP contribution in [-0.4, -0.2) is 22.0 Å². The lowest BCUT2D eigenvalue weighted by molar-refractivity contribution is -0.136. The Bertz CT molecular complexity index is 679. The molecule has 0 aliphatic rings. The van der Waals surface area contributed by atoms with Gasteiger partial charge in [-0.25, -0.2) is 4.98 Å². The number of aryl methyl sites for hydroxylation is 2. The molecule has 0 atom stereocenters. The number of amides is 1. The molecular weight excluding hydrogens is 288 g/mol. The topological polar surface area (TPSA) is 79.3 Å². The first-order valence-corrected chi connectivity index (χ1v) is 7.34. The van der Waals surface area contributed by atoms with Crippen molar-refractivity contribution in [3.8, 4) is 0 Å². The van der Waals surface area contributed by atoms with Crippen molar-refractivity contribution in [2.24, 2.45) is 0 Å². The van der Waals surface area contributed by atoms with Gasteiger partial charge in [0, 0.05) is 11.1 Å². The number of rotatable bonds is 5. The zero-order chi connectivity index (χ0) is 15.4. The first-order valence-electron chi connectivity index (χ1n) is 6.46. The summed E-state index contributed by atoms with van der Waals surface area (Å²) in [5.74, 6) is -1.08.